The van der Waals surface area contributed by atoms with Crippen LogP contribution in [0.4, 0.5) is 0 Å². The van der Waals surface area contributed by atoms with E-state index in [1.807, 2.05) is 91.0 Å². The molecule has 0 fully saturated rings. The Hall–Kier alpha value is -1.76. The zero-order valence-electron chi connectivity index (χ0n) is 15.9. The van der Waals surface area contributed by atoms with Crippen molar-refractivity contribution in [3.63, 3.8) is 0 Å². The molecule has 148 valence electrons. The first-order chi connectivity index (χ1) is 12.4. The molecular formula is C24H32FeO-6. The second-order valence-electron chi connectivity index (χ2n) is 5.85. The van der Waals surface area contributed by atoms with Gasteiger partial charge in [0.15, 0.2) is 0 Å². The van der Waals surface area contributed by atoms with Crippen LogP contribution in [0.1, 0.15) is 45.4 Å². The van der Waals surface area contributed by atoms with E-state index in [9.17, 15) is 0 Å². The standard InChI is InChI=1S/C14H22O.2C5H5.Fe/c1-2-3-4-5-6-10-13-15-14-11-8-7-9-12-14;2*1-2-4-5-3-1;/h7-9,11-12H,2-6,10,13H2,1H3;2*1-5H;/q;-5;-1;. The summed E-state index contributed by atoms with van der Waals surface area (Å²) < 4.78 is 5.61. The van der Waals surface area contributed by atoms with Crippen LogP contribution in [0.15, 0.2) is 91.0 Å². The first-order valence-electron chi connectivity index (χ1n) is 9.44. The molecule has 0 unspecified atom stereocenters. The van der Waals surface area contributed by atoms with Gasteiger partial charge in [-0.25, -0.2) is 12.1 Å². The summed E-state index contributed by atoms with van der Waals surface area (Å²) in [7, 11) is 0. The molecule has 0 atom stereocenters. The average molecular weight is 392 g/mol. The van der Waals surface area contributed by atoms with Crippen molar-refractivity contribution in [3.8, 4) is 5.75 Å². The smallest absolute Gasteiger partial charge is 0.119 e. The number of benzene rings is 1. The number of ether oxygens (including phenoxy) is 1. The van der Waals surface area contributed by atoms with Gasteiger partial charge >= 0.3 is 0 Å². The van der Waals surface area contributed by atoms with Gasteiger partial charge in [-0.2, -0.15) is 18.2 Å². The fraction of sp³-hybridized carbons (Fsp3) is 0.333. The van der Waals surface area contributed by atoms with Crippen molar-refractivity contribution in [1.29, 1.82) is 0 Å². The molecule has 26 heavy (non-hydrogen) atoms. The zero-order valence-corrected chi connectivity index (χ0v) is 17.0. The summed E-state index contributed by atoms with van der Waals surface area (Å²) in [4.78, 5) is 0. The van der Waals surface area contributed by atoms with Gasteiger partial charge in [0.05, 0.1) is 6.61 Å². The van der Waals surface area contributed by atoms with Crippen molar-refractivity contribution in [2.45, 2.75) is 45.4 Å². The molecule has 0 amide bonds. The molecule has 0 aliphatic carbocycles. The number of hydrogen-bond acceptors (Lipinski definition) is 1. The zero-order chi connectivity index (χ0) is 17.8. The summed E-state index contributed by atoms with van der Waals surface area (Å²) in [6, 6.07) is 30.1. The molecular weight excluding hydrogens is 360 g/mol. The van der Waals surface area contributed by atoms with E-state index in [0.717, 1.165) is 12.4 Å². The predicted molar refractivity (Wildman–Crippen MR) is 109 cm³/mol. The maximum Gasteiger partial charge on any atom is 0.119 e. The Morgan fingerprint density at radius 3 is 1.73 bits per heavy atom. The van der Waals surface area contributed by atoms with Crippen LogP contribution in [0.5, 0.6) is 5.75 Å². The minimum atomic E-state index is 0. The number of hydrogen-bond donors (Lipinski definition) is 0. The first kappa shape index (κ1) is 24.2. The van der Waals surface area contributed by atoms with E-state index in [2.05, 4.69) is 6.92 Å². The van der Waals surface area contributed by atoms with Crippen LogP contribution in [0.25, 0.3) is 0 Å². The molecule has 0 heterocycles. The molecule has 0 saturated heterocycles. The van der Waals surface area contributed by atoms with Crippen molar-refractivity contribution in [2.75, 3.05) is 6.61 Å². The molecule has 0 aromatic heterocycles. The minimum Gasteiger partial charge on any atom is -0.748 e. The summed E-state index contributed by atoms with van der Waals surface area (Å²) in [6.45, 7) is 3.11. The van der Waals surface area contributed by atoms with Crippen molar-refractivity contribution >= 4 is 0 Å². The van der Waals surface area contributed by atoms with Gasteiger partial charge < -0.3 is 35.1 Å². The van der Waals surface area contributed by atoms with Gasteiger partial charge in [0.25, 0.3) is 0 Å². The van der Waals surface area contributed by atoms with Gasteiger partial charge in [0.2, 0.25) is 0 Å². The first-order valence-corrected chi connectivity index (χ1v) is 9.44. The Morgan fingerprint density at radius 1 is 0.692 bits per heavy atom. The fourth-order valence-corrected chi connectivity index (χ4v) is 2.23. The van der Waals surface area contributed by atoms with E-state index in [4.69, 9.17) is 4.74 Å². The average Bonchev–Trinajstić information content (AvgIpc) is 3.40. The van der Waals surface area contributed by atoms with Crippen molar-refractivity contribution in [2.24, 2.45) is 0 Å². The normalized spacial score (nSPS) is 8.96. The van der Waals surface area contributed by atoms with E-state index in [1.165, 1.54) is 38.5 Å². The number of para-hydroxylation sites is 1. The summed E-state index contributed by atoms with van der Waals surface area (Å²) in [6.07, 6.45) is 7.90. The maximum atomic E-state index is 5.61. The van der Waals surface area contributed by atoms with Crippen LogP contribution in [-0.4, -0.2) is 6.61 Å². The number of rotatable bonds is 8. The van der Waals surface area contributed by atoms with Crippen LogP contribution in [-0.2, 0) is 17.1 Å². The maximum absolute atomic E-state index is 5.61. The molecule has 0 aliphatic rings. The third-order valence-corrected chi connectivity index (χ3v) is 3.62. The van der Waals surface area contributed by atoms with Crippen LogP contribution in [0, 0.1) is 0 Å². The molecule has 3 rings (SSSR count). The van der Waals surface area contributed by atoms with E-state index in [-0.39, 0.29) is 17.1 Å². The Morgan fingerprint density at radius 2 is 1.23 bits per heavy atom. The summed E-state index contributed by atoms with van der Waals surface area (Å²) in [5.74, 6) is 0.992. The topological polar surface area (TPSA) is 9.23 Å². The Kier molecular flexibility index (Phi) is 18.2. The number of unbranched alkanes of at least 4 members (excludes halogenated alkanes) is 5. The van der Waals surface area contributed by atoms with Crippen molar-refractivity contribution < 1.29 is 21.8 Å². The SMILES string of the molecule is CCCCCCCCOc1ccccc1.[Fe].[cH-]1[cH-][cH-][cH-][cH-]1.c1cc[cH-]c1. The summed E-state index contributed by atoms with van der Waals surface area (Å²) in [5.41, 5.74) is 0. The molecule has 3 aromatic carbocycles. The van der Waals surface area contributed by atoms with Crippen LogP contribution in [0.3, 0.4) is 0 Å². The molecule has 0 spiro atoms. The van der Waals surface area contributed by atoms with E-state index in [1.54, 1.807) is 0 Å². The minimum absolute atomic E-state index is 0. The molecule has 0 aliphatic heterocycles. The van der Waals surface area contributed by atoms with Gasteiger partial charge in [0, 0.05) is 17.1 Å². The van der Waals surface area contributed by atoms with Crippen LogP contribution >= 0.6 is 0 Å². The monoisotopic (exact) mass is 392 g/mol. The third-order valence-electron chi connectivity index (χ3n) is 3.62. The molecule has 0 bridgehead atoms. The van der Waals surface area contributed by atoms with Crippen molar-refractivity contribution in [1.82, 2.24) is 0 Å². The van der Waals surface area contributed by atoms with Gasteiger partial charge in [-0.3, -0.25) is 0 Å². The Bertz CT molecular complexity index is 482. The molecule has 1 nitrogen and oxygen atoms in total. The summed E-state index contributed by atoms with van der Waals surface area (Å²) in [5, 5.41) is 0. The second kappa shape index (κ2) is 19.6. The second-order valence-corrected chi connectivity index (χ2v) is 5.85. The van der Waals surface area contributed by atoms with Gasteiger partial charge in [0.1, 0.15) is 5.75 Å². The molecule has 3 aromatic rings. The molecule has 0 saturated carbocycles. The van der Waals surface area contributed by atoms with Crippen LogP contribution in [0.2, 0.25) is 0 Å². The third kappa shape index (κ3) is 15.7. The van der Waals surface area contributed by atoms with E-state index >= 15 is 0 Å². The predicted octanol–water partition coefficient (Wildman–Crippen LogP) is 7.23. The summed E-state index contributed by atoms with van der Waals surface area (Å²) >= 11 is 0. The van der Waals surface area contributed by atoms with Crippen LogP contribution < -0.4 is 4.74 Å². The van der Waals surface area contributed by atoms with Gasteiger partial charge in [-0.05, 0) is 18.6 Å². The molecule has 0 radical (unpaired) electrons. The largest absolute Gasteiger partial charge is 0.748 e. The molecule has 0 N–H and O–H groups in total. The van der Waals surface area contributed by atoms with Gasteiger partial charge in [-0.15, -0.1) is 0 Å². The van der Waals surface area contributed by atoms with Crippen molar-refractivity contribution in [3.05, 3.63) is 91.0 Å². The fourth-order valence-electron chi connectivity index (χ4n) is 2.23. The molecule has 2 heteroatoms. The van der Waals surface area contributed by atoms with E-state index in [0.29, 0.717) is 0 Å². The quantitative estimate of drug-likeness (QED) is 0.223. The Labute approximate surface area is 170 Å². The van der Waals surface area contributed by atoms with E-state index < -0.39 is 0 Å². The Balaban J connectivity index is 0.000000460. The van der Waals surface area contributed by atoms with Gasteiger partial charge in [-0.1, -0.05) is 57.2 Å².